The molecule has 33 heavy (non-hydrogen) atoms. The molecule has 0 aromatic heterocycles. The number of hydrogen-bond acceptors (Lipinski definition) is 8. The summed E-state index contributed by atoms with van der Waals surface area (Å²) in [6.45, 7) is 0. The summed E-state index contributed by atoms with van der Waals surface area (Å²) in [6, 6.07) is 12.5. The largest absolute Gasteiger partial charge is 2.00 e. The molecule has 8 nitrogen and oxygen atoms in total. The van der Waals surface area contributed by atoms with Crippen molar-refractivity contribution in [3.05, 3.63) is 109 Å². The van der Waals surface area contributed by atoms with Crippen LogP contribution in [-0.2, 0) is 40.1 Å². The smallest absolute Gasteiger partial charge is 0.547 e. The van der Waals surface area contributed by atoms with Gasteiger partial charge in [-0.2, -0.15) is 0 Å². The van der Waals surface area contributed by atoms with Gasteiger partial charge >= 0.3 is 19.5 Å². The molecule has 0 amide bonds. The van der Waals surface area contributed by atoms with Crippen molar-refractivity contribution in [3.63, 3.8) is 0 Å². The van der Waals surface area contributed by atoms with Gasteiger partial charge in [-0.3, -0.25) is 0 Å². The molecule has 2 aliphatic heterocycles. The van der Waals surface area contributed by atoms with Crippen LogP contribution in [0.2, 0.25) is 0 Å². The molecule has 2 unspecified atom stereocenters. The molecule has 2 heterocycles. The van der Waals surface area contributed by atoms with E-state index in [9.17, 15) is 30.0 Å². The van der Waals surface area contributed by atoms with E-state index >= 15 is 0 Å². The molecular formula is C24H20N2O6Zn. The summed E-state index contributed by atoms with van der Waals surface area (Å²) in [5.41, 5.74) is -2.48. The second-order valence-electron chi connectivity index (χ2n) is 6.95. The van der Waals surface area contributed by atoms with Crippen molar-refractivity contribution in [1.29, 1.82) is 0 Å². The van der Waals surface area contributed by atoms with Crippen LogP contribution in [0.5, 0.6) is 11.5 Å². The van der Waals surface area contributed by atoms with Gasteiger partial charge < -0.3 is 40.6 Å². The fraction of sp³-hybridized carbons (Fsp3) is 0.0833. The van der Waals surface area contributed by atoms with E-state index in [1.54, 1.807) is 60.7 Å². The van der Waals surface area contributed by atoms with E-state index in [1.165, 1.54) is 36.7 Å². The van der Waals surface area contributed by atoms with Crippen LogP contribution < -0.4 is 20.8 Å². The summed E-state index contributed by atoms with van der Waals surface area (Å²) in [6.07, 6.45) is 12.4. The number of rotatable bonds is 4. The first-order valence-corrected chi connectivity index (χ1v) is 9.57. The van der Waals surface area contributed by atoms with Gasteiger partial charge in [0.25, 0.3) is 0 Å². The van der Waals surface area contributed by atoms with Crippen LogP contribution in [-0.4, -0.2) is 22.2 Å². The van der Waals surface area contributed by atoms with E-state index < -0.39 is 23.0 Å². The minimum Gasteiger partial charge on any atom is -0.547 e. The van der Waals surface area contributed by atoms with Gasteiger partial charge in [-0.15, -0.1) is 0 Å². The van der Waals surface area contributed by atoms with Crippen molar-refractivity contribution in [2.24, 2.45) is 0 Å². The Labute approximate surface area is 203 Å². The van der Waals surface area contributed by atoms with Crippen LogP contribution in [0.3, 0.4) is 0 Å². The molecule has 2 aromatic carbocycles. The fourth-order valence-electron chi connectivity index (χ4n) is 3.39. The Hall–Kier alpha value is -3.84. The number of carboxylic acid groups (broad SMARTS) is 2. The first-order valence-electron chi connectivity index (χ1n) is 9.57. The molecule has 4 rings (SSSR count). The molecular weight excluding hydrogens is 478 g/mol. The average molecular weight is 498 g/mol. The number of hydrogen-bond donors (Lipinski definition) is 4. The number of para-hydroxylation sites is 2. The number of allylic oxidation sites excluding steroid dienone is 4. The first kappa shape index (κ1) is 25.4. The maximum absolute atomic E-state index is 11.3. The van der Waals surface area contributed by atoms with Gasteiger partial charge in [-0.05, 0) is 48.8 Å². The number of carboxylic acids is 2. The monoisotopic (exact) mass is 496 g/mol. The zero-order chi connectivity index (χ0) is 23.2. The van der Waals surface area contributed by atoms with Crippen molar-refractivity contribution < 1.29 is 49.5 Å². The normalized spacial score (nSPS) is 22.1. The Balaban J connectivity index is 0.000000227. The van der Waals surface area contributed by atoms with E-state index in [2.05, 4.69) is 10.6 Å². The molecule has 0 bridgehead atoms. The van der Waals surface area contributed by atoms with Gasteiger partial charge in [0.05, 0.1) is 11.9 Å². The standard InChI is InChI=1S/2C12H11NO3.Zn/c2*14-10-6-2-1-5-9(10)12(11(15)16)7-3-4-8-13-12;/h2*1-8,13-14H,(H,15,16);/q;;+2/p-2. The summed E-state index contributed by atoms with van der Waals surface area (Å²) >= 11 is 0. The zero-order valence-corrected chi connectivity index (χ0v) is 20.4. The van der Waals surface area contributed by atoms with Gasteiger partial charge in [0.15, 0.2) is 0 Å². The predicted octanol–water partition coefficient (Wildman–Crippen LogP) is 0.0185. The molecule has 0 aliphatic carbocycles. The minimum atomic E-state index is -1.50. The summed E-state index contributed by atoms with van der Waals surface area (Å²) < 4.78 is 0. The molecule has 0 radical (unpaired) electrons. The second kappa shape index (κ2) is 10.7. The van der Waals surface area contributed by atoms with Crippen molar-refractivity contribution in [1.82, 2.24) is 10.6 Å². The van der Waals surface area contributed by atoms with Crippen LogP contribution in [0.25, 0.3) is 0 Å². The average Bonchev–Trinajstić information content (AvgIpc) is 2.81. The van der Waals surface area contributed by atoms with Crippen LogP contribution >= 0.6 is 0 Å². The molecule has 2 aromatic rings. The van der Waals surface area contributed by atoms with E-state index in [1.807, 2.05) is 0 Å². The molecule has 0 fully saturated rings. The maximum atomic E-state index is 11.3. The quantitative estimate of drug-likeness (QED) is 0.433. The summed E-state index contributed by atoms with van der Waals surface area (Å²) in [5.74, 6) is -2.79. The van der Waals surface area contributed by atoms with Crippen LogP contribution in [0.4, 0.5) is 0 Å². The molecule has 4 N–H and O–H groups in total. The van der Waals surface area contributed by atoms with E-state index in [-0.39, 0.29) is 42.1 Å². The van der Waals surface area contributed by atoms with Gasteiger partial charge in [-0.1, -0.05) is 48.6 Å². The number of benzene rings is 2. The van der Waals surface area contributed by atoms with Crippen molar-refractivity contribution in [3.8, 4) is 11.5 Å². The molecule has 164 valence electrons. The molecule has 2 aliphatic rings. The molecule has 9 heteroatoms. The van der Waals surface area contributed by atoms with Gasteiger partial charge in [-0.25, -0.2) is 0 Å². The van der Waals surface area contributed by atoms with Crippen LogP contribution in [0.15, 0.2) is 97.4 Å². The van der Waals surface area contributed by atoms with Crippen molar-refractivity contribution >= 4 is 11.9 Å². The third-order valence-electron chi connectivity index (χ3n) is 5.03. The number of aromatic hydroxyl groups is 2. The molecule has 2 atom stereocenters. The summed E-state index contributed by atoms with van der Waals surface area (Å²) in [5, 5.41) is 47.3. The zero-order valence-electron chi connectivity index (χ0n) is 17.5. The molecule has 0 spiro atoms. The third-order valence-corrected chi connectivity index (χ3v) is 5.03. The van der Waals surface area contributed by atoms with Gasteiger partial charge in [0.1, 0.15) is 22.6 Å². The summed E-state index contributed by atoms with van der Waals surface area (Å²) in [4.78, 5) is 22.5. The Morgan fingerprint density at radius 3 is 1.30 bits per heavy atom. The number of dihydropyridines is 2. The number of nitrogens with one attached hydrogen (secondary N) is 2. The van der Waals surface area contributed by atoms with E-state index in [0.717, 1.165) is 0 Å². The number of phenolic OH excluding ortho intramolecular Hbond substituents is 2. The van der Waals surface area contributed by atoms with Crippen molar-refractivity contribution in [2.75, 3.05) is 0 Å². The Morgan fingerprint density at radius 1 is 0.667 bits per heavy atom. The SMILES string of the molecule is O=C([O-])C1(c2ccccc2O)C=CC=CN1.O=C([O-])C1(c2ccccc2O)C=CC=CN1.[Zn+2]. The van der Waals surface area contributed by atoms with Gasteiger partial charge in [0.2, 0.25) is 0 Å². The number of phenols is 2. The maximum Gasteiger partial charge on any atom is 2.00 e. The predicted molar refractivity (Wildman–Crippen MR) is 112 cm³/mol. The second-order valence-corrected chi connectivity index (χ2v) is 6.95. The number of carbonyl (C=O) groups is 2. The minimum absolute atomic E-state index is 0. The first-order chi connectivity index (χ1) is 15.3. The fourth-order valence-corrected chi connectivity index (χ4v) is 3.39. The molecule has 0 saturated heterocycles. The van der Waals surface area contributed by atoms with Gasteiger partial charge in [0, 0.05) is 11.1 Å². The third kappa shape index (κ3) is 4.99. The van der Waals surface area contributed by atoms with E-state index in [0.29, 0.717) is 0 Å². The number of aliphatic carboxylic acids is 2. The molecule has 0 saturated carbocycles. The van der Waals surface area contributed by atoms with E-state index in [4.69, 9.17) is 0 Å². The topological polar surface area (TPSA) is 145 Å². The Kier molecular flexibility index (Phi) is 8.21. The van der Waals surface area contributed by atoms with Crippen LogP contribution in [0, 0.1) is 0 Å². The van der Waals surface area contributed by atoms with Crippen LogP contribution in [0.1, 0.15) is 11.1 Å². The number of carbonyl (C=O) groups excluding carboxylic acids is 2. The Morgan fingerprint density at radius 2 is 1.03 bits per heavy atom. The summed E-state index contributed by atoms with van der Waals surface area (Å²) in [7, 11) is 0. The Bertz CT molecular complexity index is 1050. The van der Waals surface area contributed by atoms with Crippen molar-refractivity contribution in [2.45, 2.75) is 11.1 Å².